The first-order valence-electron chi connectivity index (χ1n) is 7.71. The van der Waals surface area contributed by atoms with Crippen molar-refractivity contribution in [1.29, 1.82) is 0 Å². The number of amides is 1. The first kappa shape index (κ1) is 20.9. The summed E-state index contributed by atoms with van der Waals surface area (Å²) in [6.45, 7) is 3.52. The van der Waals surface area contributed by atoms with Crippen molar-refractivity contribution in [1.82, 2.24) is 9.88 Å². The summed E-state index contributed by atoms with van der Waals surface area (Å²) in [7, 11) is 0. The molecule has 1 fully saturated rings. The standard InChI is InChI=1S/C17H21N3OS.2ClH/c1-12-7-8-20(14(9-12)10-18)17(21)15-11-22-16(19-15)13-5-3-2-4-6-13;;/h2-6,11-12,14H,7-10,18H2,1H3;2*1H. The Kier molecular flexibility index (Phi) is 8.16. The van der Waals surface area contributed by atoms with Crippen LogP contribution in [0.2, 0.25) is 0 Å². The zero-order valence-corrected chi connectivity index (χ0v) is 16.0. The Hall–Kier alpha value is -1.14. The molecule has 2 atom stereocenters. The highest BCUT2D eigenvalue weighted by Gasteiger charge is 2.30. The number of benzene rings is 1. The lowest BCUT2D eigenvalue weighted by atomic mass is 9.92. The number of carbonyl (C=O) groups excluding carboxylic acids is 1. The minimum atomic E-state index is 0. The molecule has 2 aromatic rings. The van der Waals surface area contributed by atoms with Gasteiger partial charge in [-0.1, -0.05) is 37.3 Å². The lowest BCUT2D eigenvalue weighted by Crippen LogP contribution is -2.49. The predicted molar refractivity (Wildman–Crippen MR) is 104 cm³/mol. The van der Waals surface area contributed by atoms with Crippen LogP contribution in [0.15, 0.2) is 35.7 Å². The fourth-order valence-electron chi connectivity index (χ4n) is 2.97. The average molecular weight is 388 g/mol. The SMILES string of the molecule is CC1CCN(C(=O)c2csc(-c3ccccc3)n2)C(CN)C1.Cl.Cl. The van der Waals surface area contributed by atoms with Gasteiger partial charge in [0.15, 0.2) is 0 Å². The molecule has 132 valence electrons. The van der Waals surface area contributed by atoms with Gasteiger partial charge in [-0.3, -0.25) is 4.79 Å². The fourth-order valence-corrected chi connectivity index (χ4v) is 3.77. The number of nitrogens with two attached hydrogens (primary N) is 1. The highest BCUT2D eigenvalue weighted by molar-refractivity contribution is 7.13. The van der Waals surface area contributed by atoms with Gasteiger partial charge in [-0.2, -0.15) is 0 Å². The summed E-state index contributed by atoms with van der Waals surface area (Å²) in [4.78, 5) is 19.2. The van der Waals surface area contributed by atoms with Crippen LogP contribution in [0.3, 0.4) is 0 Å². The van der Waals surface area contributed by atoms with Crippen molar-refractivity contribution in [3.05, 3.63) is 41.4 Å². The van der Waals surface area contributed by atoms with Crippen molar-refractivity contribution in [2.45, 2.75) is 25.8 Å². The van der Waals surface area contributed by atoms with Crippen LogP contribution >= 0.6 is 36.2 Å². The van der Waals surface area contributed by atoms with Crippen molar-refractivity contribution in [2.75, 3.05) is 13.1 Å². The maximum Gasteiger partial charge on any atom is 0.273 e. The molecule has 2 heterocycles. The Morgan fingerprint density at radius 1 is 1.33 bits per heavy atom. The molecule has 1 amide bonds. The molecule has 7 heteroatoms. The van der Waals surface area contributed by atoms with E-state index in [-0.39, 0.29) is 36.8 Å². The van der Waals surface area contributed by atoms with Gasteiger partial charge < -0.3 is 10.6 Å². The molecular weight excluding hydrogens is 365 g/mol. The minimum absolute atomic E-state index is 0. The van der Waals surface area contributed by atoms with Crippen molar-refractivity contribution >= 4 is 42.1 Å². The van der Waals surface area contributed by atoms with Gasteiger partial charge in [-0.25, -0.2) is 4.98 Å². The lowest BCUT2D eigenvalue weighted by molar-refractivity contribution is 0.0568. The molecule has 1 aromatic heterocycles. The third kappa shape index (κ3) is 4.48. The summed E-state index contributed by atoms with van der Waals surface area (Å²) >= 11 is 1.51. The summed E-state index contributed by atoms with van der Waals surface area (Å²) in [5.74, 6) is 0.647. The number of hydrogen-bond acceptors (Lipinski definition) is 4. The van der Waals surface area contributed by atoms with Gasteiger partial charge >= 0.3 is 0 Å². The van der Waals surface area contributed by atoms with Crippen molar-refractivity contribution in [3.63, 3.8) is 0 Å². The molecule has 0 bridgehead atoms. The quantitative estimate of drug-likeness (QED) is 0.869. The van der Waals surface area contributed by atoms with E-state index in [0.29, 0.717) is 18.2 Å². The van der Waals surface area contributed by atoms with Crippen LogP contribution in [-0.2, 0) is 0 Å². The fraction of sp³-hybridized carbons (Fsp3) is 0.412. The lowest BCUT2D eigenvalue weighted by Gasteiger charge is -2.37. The molecule has 24 heavy (non-hydrogen) atoms. The molecular formula is C17H23Cl2N3OS. The Bertz CT molecular complexity index is 650. The molecule has 2 unspecified atom stereocenters. The maximum atomic E-state index is 12.7. The molecule has 1 saturated heterocycles. The van der Waals surface area contributed by atoms with E-state index in [0.717, 1.165) is 30.0 Å². The molecule has 0 radical (unpaired) electrons. The number of nitrogens with zero attached hydrogens (tertiary/aromatic N) is 2. The Morgan fingerprint density at radius 2 is 2.04 bits per heavy atom. The number of likely N-dealkylation sites (tertiary alicyclic amines) is 1. The number of carbonyl (C=O) groups is 1. The molecule has 0 spiro atoms. The van der Waals surface area contributed by atoms with Crippen LogP contribution in [-0.4, -0.2) is 34.9 Å². The second-order valence-corrected chi connectivity index (χ2v) is 6.78. The first-order valence-corrected chi connectivity index (χ1v) is 8.59. The van der Waals surface area contributed by atoms with E-state index in [1.807, 2.05) is 40.6 Å². The minimum Gasteiger partial charge on any atom is -0.333 e. The van der Waals surface area contributed by atoms with E-state index in [4.69, 9.17) is 5.73 Å². The van der Waals surface area contributed by atoms with Gasteiger partial charge in [0.25, 0.3) is 5.91 Å². The number of halogens is 2. The summed E-state index contributed by atoms with van der Waals surface area (Å²) in [6.07, 6.45) is 2.02. The van der Waals surface area contributed by atoms with Crippen LogP contribution in [0, 0.1) is 5.92 Å². The van der Waals surface area contributed by atoms with E-state index in [1.165, 1.54) is 11.3 Å². The van der Waals surface area contributed by atoms with Gasteiger partial charge in [-0.05, 0) is 18.8 Å². The van der Waals surface area contributed by atoms with E-state index in [1.54, 1.807) is 0 Å². The van der Waals surface area contributed by atoms with Gasteiger partial charge in [-0.15, -0.1) is 36.2 Å². The van der Waals surface area contributed by atoms with Crippen LogP contribution in [0.4, 0.5) is 0 Å². The molecule has 0 saturated carbocycles. The van der Waals surface area contributed by atoms with E-state index < -0.39 is 0 Å². The number of hydrogen-bond donors (Lipinski definition) is 1. The zero-order valence-electron chi connectivity index (χ0n) is 13.6. The third-order valence-electron chi connectivity index (χ3n) is 4.25. The molecule has 2 N–H and O–H groups in total. The summed E-state index contributed by atoms with van der Waals surface area (Å²) in [6, 6.07) is 10.1. The zero-order chi connectivity index (χ0) is 15.5. The summed E-state index contributed by atoms with van der Waals surface area (Å²) in [5.41, 5.74) is 7.45. The molecule has 3 rings (SSSR count). The second kappa shape index (κ2) is 9.37. The van der Waals surface area contributed by atoms with Gasteiger partial charge in [0.2, 0.25) is 0 Å². The predicted octanol–water partition coefficient (Wildman–Crippen LogP) is 3.85. The normalized spacial score (nSPS) is 20.0. The van der Waals surface area contributed by atoms with Crippen molar-refractivity contribution in [3.8, 4) is 10.6 Å². The highest BCUT2D eigenvalue weighted by Crippen LogP contribution is 2.27. The largest absolute Gasteiger partial charge is 0.333 e. The smallest absolute Gasteiger partial charge is 0.273 e. The number of thiazole rings is 1. The van der Waals surface area contributed by atoms with E-state index >= 15 is 0 Å². The highest BCUT2D eigenvalue weighted by atomic mass is 35.5. The Labute approximate surface area is 159 Å². The van der Waals surface area contributed by atoms with Crippen molar-refractivity contribution < 1.29 is 4.79 Å². The summed E-state index contributed by atoms with van der Waals surface area (Å²) in [5, 5.41) is 2.75. The third-order valence-corrected chi connectivity index (χ3v) is 5.15. The second-order valence-electron chi connectivity index (χ2n) is 5.92. The van der Waals surface area contributed by atoms with E-state index in [2.05, 4.69) is 11.9 Å². The number of piperidine rings is 1. The monoisotopic (exact) mass is 387 g/mol. The van der Waals surface area contributed by atoms with Crippen LogP contribution in [0.25, 0.3) is 10.6 Å². The molecule has 1 aliphatic rings. The van der Waals surface area contributed by atoms with Gasteiger partial charge in [0.1, 0.15) is 10.7 Å². The average Bonchev–Trinajstić information content (AvgIpc) is 3.05. The Morgan fingerprint density at radius 3 is 2.71 bits per heavy atom. The number of aromatic nitrogens is 1. The molecule has 0 aliphatic carbocycles. The molecule has 1 aromatic carbocycles. The van der Waals surface area contributed by atoms with Crippen LogP contribution in [0.1, 0.15) is 30.3 Å². The maximum absolute atomic E-state index is 12.7. The Balaban J connectivity index is 0.00000144. The number of rotatable bonds is 3. The van der Waals surface area contributed by atoms with Gasteiger partial charge in [0.05, 0.1) is 0 Å². The van der Waals surface area contributed by atoms with Crippen molar-refractivity contribution in [2.24, 2.45) is 11.7 Å². The van der Waals surface area contributed by atoms with Gasteiger partial charge in [0, 0.05) is 30.1 Å². The molecule has 1 aliphatic heterocycles. The topological polar surface area (TPSA) is 59.2 Å². The first-order chi connectivity index (χ1) is 10.7. The van der Waals surface area contributed by atoms with E-state index in [9.17, 15) is 4.79 Å². The summed E-state index contributed by atoms with van der Waals surface area (Å²) < 4.78 is 0. The van der Waals surface area contributed by atoms with Crippen LogP contribution in [0.5, 0.6) is 0 Å². The molecule has 4 nitrogen and oxygen atoms in total. The van der Waals surface area contributed by atoms with Crippen LogP contribution < -0.4 is 5.73 Å².